The van der Waals surface area contributed by atoms with Crippen molar-refractivity contribution in [3.63, 3.8) is 0 Å². The van der Waals surface area contributed by atoms with E-state index in [9.17, 15) is 9.59 Å². The summed E-state index contributed by atoms with van der Waals surface area (Å²) in [5.41, 5.74) is 1.04. The minimum atomic E-state index is -0.0148. The molecule has 0 spiro atoms. The number of rotatable bonds is 5. The Morgan fingerprint density at radius 1 is 1.12 bits per heavy atom. The number of nitrogens with zero attached hydrogens (tertiary/aromatic N) is 2. The van der Waals surface area contributed by atoms with Gasteiger partial charge in [-0.15, -0.1) is 0 Å². The summed E-state index contributed by atoms with van der Waals surface area (Å²) in [7, 11) is 0. The van der Waals surface area contributed by atoms with Gasteiger partial charge in [-0.05, 0) is 44.6 Å². The molecule has 1 aliphatic heterocycles. The number of likely N-dealkylation sites (tertiary alicyclic amines) is 1. The summed E-state index contributed by atoms with van der Waals surface area (Å²) in [6.45, 7) is 4.23. The van der Waals surface area contributed by atoms with Gasteiger partial charge < -0.3 is 9.80 Å². The predicted octanol–water partition coefficient (Wildman–Crippen LogP) is 2.87. The maximum absolute atomic E-state index is 12.9. The highest BCUT2D eigenvalue weighted by molar-refractivity contribution is 5.82. The Labute approximate surface area is 144 Å². The molecular formula is C20H28N2O2. The second-order valence-electron chi connectivity index (χ2n) is 7.05. The van der Waals surface area contributed by atoms with Crippen molar-refractivity contribution in [1.82, 2.24) is 9.80 Å². The van der Waals surface area contributed by atoms with Crippen molar-refractivity contribution in [2.45, 2.75) is 51.5 Å². The summed E-state index contributed by atoms with van der Waals surface area (Å²) in [5, 5.41) is 0. The van der Waals surface area contributed by atoms with Crippen LogP contribution in [0.15, 0.2) is 30.3 Å². The van der Waals surface area contributed by atoms with Crippen LogP contribution in [0.2, 0.25) is 0 Å². The average molecular weight is 328 g/mol. The van der Waals surface area contributed by atoms with E-state index in [1.807, 2.05) is 35.2 Å². The number of carbonyl (C=O) groups is 2. The molecule has 4 nitrogen and oxygen atoms in total. The second kappa shape index (κ2) is 7.82. The lowest BCUT2D eigenvalue weighted by molar-refractivity contribution is -0.143. The molecule has 2 fully saturated rings. The summed E-state index contributed by atoms with van der Waals surface area (Å²) >= 11 is 0. The average Bonchev–Trinajstić information content (AvgIpc) is 2.58. The van der Waals surface area contributed by atoms with Gasteiger partial charge in [-0.25, -0.2) is 0 Å². The van der Waals surface area contributed by atoms with E-state index in [0.29, 0.717) is 19.0 Å². The van der Waals surface area contributed by atoms with Crippen LogP contribution in [-0.2, 0) is 16.0 Å². The Balaban J connectivity index is 1.59. The largest absolute Gasteiger partial charge is 0.342 e. The Morgan fingerprint density at radius 3 is 2.50 bits per heavy atom. The molecule has 1 aromatic rings. The van der Waals surface area contributed by atoms with Crippen LogP contribution < -0.4 is 0 Å². The lowest BCUT2D eigenvalue weighted by atomic mass is 9.89. The molecule has 24 heavy (non-hydrogen) atoms. The number of piperidine rings is 1. The van der Waals surface area contributed by atoms with Crippen LogP contribution in [0.25, 0.3) is 0 Å². The van der Waals surface area contributed by atoms with Crippen molar-refractivity contribution in [2.75, 3.05) is 19.6 Å². The minimum Gasteiger partial charge on any atom is -0.342 e. The SMILES string of the molecule is CCN(C(=O)[C@H]1CCCN(C(=O)Cc2ccccc2)C1)C1CCC1. The number of hydrogen-bond donors (Lipinski definition) is 0. The summed E-state index contributed by atoms with van der Waals surface area (Å²) in [4.78, 5) is 29.4. The van der Waals surface area contributed by atoms with Crippen molar-refractivity contribution >= 4 is 11.8 Å². The van der Waals surface area contributed by atoms with Crippen LogP contribution in [0.1, 0.15) is 44.6 Å². The van der Waals surface area contributed by atoms with E-state index >= 15 is 0 Å². The fourth-order valence-electron chi connectivity index (χ4n) is 3.81. The molecule has 1 saturated heterocycles. The third kappa shape index (κ3) is 3.80. The third-order valence-corrected chi connectivity index (χ3v) is 5.46. The van der Waals surface area contributed by atoms with Gasteiger partial charge in [-0.3, -0.25) is 9.59 Å². The van der Waals surface area contributed by atoms with E-state index in [1.165, 1.54) is 6.42 Å². The van der Waals surface area contributed by atoms with E-state index < -0.39 is 0 Å². The molecule has 130 valence electrons. The van der Waals surface area contributed by atoms with Crippen molar-refractivity contribution in [1.29, 1.82) is 0 Å². The molecule has 0 bridgehead atoms. The van der Waals surface area contributed by atoms with Gasteiger partial charge >= 0.3 is 0 Å². The zero-order chi connectivity index (χ0) is 16.9. The van der Waals surface area contributed by atoms with Gasteiger partial charge in [0, 0.05) is 25.7 Å². The smallest absolute Gasteiger partial charge is 0.227 e. The predicted molar refractivity (Wildman–Crippen MR) is 94.5 cm³/mol. The molecule has 0 N–H and O–H groups in total. The summed E-state index contributed by atoms with van der Waals surface area (Å²) in [6.07, 6.45) is 5.80. The topological polar surface area (TPSA) is 40.6 Å². The van der Waals surface area contributed by atoms with Gasteiger partial charge in [-0.1, -0.05) is 30.3 Å². The highest BCUT2D eigenvalue weighted by Crippen LogP contribution is 2.28. The molecule has 0 aromatic heterocycles. The standard InChI is InChI=1S/C20H28N2O2/c1-2-22(18-11-6-12-18)20(24)17-10-7-13-21(15-17)19(23)14-16-8-4-3-5-9-16/h3-5,8-9,17-18H,2,6-7,10-15H2,1H3/t17-/m0/s1. The molecule has 1 aliphatic carbocycles. The first-order valence-corrected chi connectivity index (χ1v) is 9.31. The van der Waals surface area contributed by atoms with E-state index in [1.54, 1.807) is 0 Å². The molecule has 1 heterocycles. The van der Waals surface area contributed by atoms with Crippen LogP contribution in [0, 0.1) is 5.92 Å². The third-order valence-electron chi connectivity index (χ3n) is 5.46. The van der Waals surface area contributed by atoms with Crippen LogP contribution in [0.4, 0.5) is 0 Å². The maximum Gasteiger partial charge on any atom is 0.227 e. The Morgan fingerprint density at radius 2 is 1.88 bits per heavy atom. The van der Waals surface area contributed by atoms with Gasteiger partial charge in [0.1, 0.15) is 0 Å². The number of carbonyl (C=O) groups excluding carboxylic acids is 2. The number of benzene rings is 1. The van der Waals surface area contributed by atoms with Crippen LogP contribution >= 0.6 is 0 Å². The van der Waals surface area contributed by atoms with E-state index in [4.69, 9.17) is 0 Å². The monoisotopic (exact) mass is 328 g/mol. The molecule has 4 heteroatoms. The second-order valence-corrected chi connectivity index (χ2v) is 7.05. The Kier molecular flexibility index (Phi) is 5.54. The van der Waals surface area contributed by atoms with Gasteiger partial charge in [0.15, 0.2) is 0 Å². The van der Waals surface area contributed by atoms with E-state index in [-0.39, 0.29) is 17.7 Å². The molecule has 3 rings (SSSR count). The fourth-order valence-corrected chi connectivity index (χ4v) is 3.81. The fraction of sp³-hybridized carbons (Fsp3) is 0.600. The minimum absolute atomic E-state index is 0.0148. The van der Waals surface area contributed by atoms with Crippen LogP contribution in [0.5, 0.6) is 0 Å². The van der Waals surface area contributed by atoms with Crippen molar-refractivity contribution in [3.05, 3.63) is 35.9 Å². The molecule has 0 unspecified atom stereocenters. The Hall–Kier alpha value is -1.84. The van der Waals surface area contributed by atoms with Crippen molar-refractivity contribution in [2.24, 2.45) is 5.92 Å². The molecule has 0 radical (unpaired) electrons. The van der Waals surface area contributed by atoms with Gasteiger partial charge in [0.25, 0.3) is 0 Å². The molecule has 1 aromatic carbocycles. The molecular weight excluding hydrogens is 300 g/mol. The highest BCUT2D eigenvalue weighted by Gasteiger charge is 2.35. The van der Waals surface area contributed by atoms with Crippen molar-refractivity contribution in [3.8, 4) is 0 Å². The number of hydrogen-bond acceptors (Lipinski definition) is 2. The maximum atomic E-state index is 12.9. The van der Waals surface area contributed by atoms with Crippen LogP contribution in [0.3, 0.4) is 0 Å². The van der Waals surface area contributed by atoms with Gasteiger partial charge in [0.05, 0.1) is 12.3 Å². The summed E-state index contributed by atoms with van der Waals surface area (Å²) in [5.74, 6) is 0.392. The summed E-state index contributed by atoms with van der Waals surface area (Å²) in [6, 6.07) is 10.3. The normalized spacial score (nSPS) is 21.2. The van der Waals surface area contributed by atoms with Crippen molar-refractivity contribution < 1.29 is 9.59 Å². The molecule has 2 amide bonds. The number of amides is 2. The van der Waals surface area contributed by atoms with Gasteiger partial charge in [0.2, 0.25) is 11.8 Å². The van der Waals surface area contributed by atoms with Crippen LogP contribution in [-0.4, -0.2) is 47.3 Å². The zero-order valence-corrected chi connectivity index (χ0v) is 14.6. The highest BCUT2D eigenvalue weighted by atomic mass is 16.2. The zero-order valence-electron chi connectivity index (χ0n) is 14.6. The molecule has 2 aliphatic rings. The first kappa shape index (κ1) is 17.0. The first-order valence-electron chi connectivity index (χ1n) is 9.31. The quantitative estimate of drug-likeness (QED) is 0.834. The van der Waals surface area contributed by atoms with E-state index in [2.05, 4.69) is 11.8 Å². The summed E-state index contributed by atoms with van der Waals surface area (Å²) < 4.78 is 0. The molecule has 1 atom stereocenters. The van der Waals surface area contributed by atoms with Gasteiger partial charge in [-0.2, -0.15) is 0 Å². The first-order chi connectivity index (χ1) is 11.7. The lowest BCUT2D eigenvalue weighted by Gasteiger charge is -2.41. The Bertz CT molecular complexity index is 568. The lowest BCUT2D eigenvalue weighted by Crippen LogP contribution is -2.51. The van der Waals surface area contributed by atoms with E-state index in [0.717, 1.165) is 44.3 Å². The molecule has 1 saturated carbocycles.